The number of nitrogens with zero attached hydrogens (tertiary/aromatic N) is 2. The molecular formula is C10H20N2. The van der Waals surface area contributed by atoms with Crippen LogP contribution in [0.15, 0.2) is 12.4 Å². The predicted octanol–water partition coefficient (Wildman–Crippen LogP) is 1.89. The molecule has 1 saturated heterocycles. The van der Waals surface area contributed by atoms with E-state index >= 15 is 0 Å². The minimum Gasteiger partial charge on any atom is -0.357 e. The molecule has 12 heavy (non-hydrogen) atoms. The van der Waals surface area contributed by atoms with Crippen molar-refractivity contribution in [2.24, 2.45) is 0 Å². The van der Waals surface area contributed by atoms with E-state index in [0.29, 0.717) is 0 Å². The van der Waals surface area contributed by atoms with Crippen LogP contribution in [0.2, 0.25) is 0 Å². The summed E-state index contributed by atoms with van der Waals surface area (Å²) < 4.78 is 0. The van der Waals surface area contributed by atoms with Gasteiger partial charge >= 0.3 is 0 Å². The fourth-order valence-corrected chi connectivity index (χ4v) is 1.71. The van der Waals surface area contributed by atoms with Gasteiger partial charge in [-0.25, -0.2) is 0 Å². The van der Waals surface area contributed by atoms with Crippen molar-refractivity contribution in [2.45, 2.75) is 33.2 Å². The van der Waals surface area contributed by atoms with Gasteiger partial charge in [0.25, 0.3) is 0 Å². The van der Waals surface area contributed by atoms with E-state index in [4.69, 9.17) is 0 Å². The van der Waals surface area contributed by atoms with Gasteiger partial charge < -0.3 is 9.80 Å². The van der Waals surface area contributed by atoms with Gasteiger partial charge in [-0.15, -0.1) is 0 Å². The first-order valence-corrected chi connectivity index (χ1v) is 4.68. The van der Waals surface area contributed by atoms with Crippen LogP contribution in [0, 0.1) is 0 Å². The molecule has 0 radical (unpaired) electrons. The molecule has 0 N–H and O–H groups in total. The number of hydrogen-bond donors (Lipinski definition) is 0. The molecule has 2 heteroatoms. The normalized spacial score (nSPS) is 19.2. The van der Waals surface area contributed by atoms with Crippen LogP contribution >= 0.6 is 0 Å². The van der Waals surface area contributed by atoms with E-state index in [1.165, 1.54) is 5.82 Å². The fraction of sp³-hybridized carbons (Fsp3) is 0.800. The smallest absolute Gasteiger partial charge is 0.0970 e. The summed E-state index contributed by atoms with van der Waals surface area (Å²) >= 11 is 0. The van der Waals surface area contributed by atoms with E-state index in [9.17, 15) is 0 Å². The number of likely N-dealkylation sites (N-methyl/N-ethyl adjacent to an activating group) is 1. The van der Waals surface area contributed by atoms with E-state index in [1.807, 2.05) is 0 Å². The molecule has 0 aromatic carbocycles. The second-order valence-corrected chi connectivity index (χ2v) is 4.32. The van der Waals surface area contributed by atoms with Crippen molar-refractivity contribution in [2.75, 3.05) is 19.6 Å². The molecule has 0 unspecified atom stereocenters. The predicted molar refractivity (Wildman–Crippen MR) is 52.8 cm³/mol. The van der Waals surface area contributed by atoms with Crippen molar-refractivity contribution in [3.05, 3.63) is 12.4 Å². The average Bonchev–Trinajstić information content (AvgIpc) is 2.29. The molecule has 0 atom stereocenters. The highest BCUT2D eigenvalue weighted by molar-refractivity contribution is 5.04. The SMILES string of the molecule is C=C1N(CC)CCN1C(C)(C)C. The first kappa shape index (κ1) is 9.43. The monoisotopic (exact) mass is 168 g/mol. The topological polar surface area (TPSA) is 6.48 Å². The molecule has 0 amide bonds. The second-order valence-electron chi connectivity index (χ2n) is 4.32. The molecule has 0 spiro atoms. The van der Waals surface area contributed by atoms with Gasteiger partial charge in [0.05, 0.1) is 5.82 Å². The van der Waals surface area contributed by atoms with Crippen molar-refractivity contribution in [1.29, 1.82) is 0 Å². The highest BCUT2D eigenvalue weighted by Crippen LogP contribution is 2.25. The molecule has 1 aliphatic rings. The Kier molecular flexibility index (Phi) is 2.36. The highest BCUT2D eigenvalue weighted by Gasteiger charge is 2.29. The van der Waals surface area contributed by atoms with Crippen molar-refractivity contribution < 1.29 is 0 Å². The summed E-state index contributed by atoms with van der Waals surface area (Å²) in [5, 5.41) is 0. The van der Waals surface area contributed by atoms with Crippen molar-refractivity contribution in [3.63, 3.8) is 0 Å². The summed E-state index contributed by atoms with van der Waals surface area (Å²) in [6.07, 6.45) is 0. The van der Waals surface area contributed by atoms with Crippen LogP contribution in [0.5, 0.6) is 0 Å². The summed E-state index contributed by atoms with van der Waals surface area (Å²) in [6, 6.07) is 0. The maximum absolute atomic E-state index is 4.11. The van der Waals surface area contributed by atoms with Crippen molar-refractivity contribution in [1.82, 2.24) is 9.80 Å². The average molecular weight is 168 g/mol. The zero-order chi connectivity index (χ0) is 9.35. The Morgan fingerprint density at radius 3 is 2.17 bits per heavy atom. The minimum absolute atomic E-state index is 0.223. The molecule has 0 saturated carbocycles. The van der Waals surface area contributed by atoms with E-state index in [-0.39, 0.29) is 5.54 Å². The molecule has 0 aliphatic carbocycles. The molecule has 1 aliphatic heterocycles. The van der Waals surface area contributed by atoms with Gasteiger partial charge in [0.2, 0.25) is 0 Å². The zero-order valence-corrected chi connectivity index (χ0v) is 8.72. The van der Waals surface area contributed by atoms with Crippen LogP contribution in [0.4, 0.5) is 0 Å². The Morgan fingerprint density at radius 1 is 1.33 bits per heavy atom. The molecule has 2 nitrogen and oxygen atoms in total. The lowest BCUT2D eigenvalue weighted by molar-refractivity contribution is 0.201. The maximum atomic E-state index is 4.11. The standard InChI is InChI=1S/C10H20N2/c1-6-11-7-8-12(9(11)2)10(3,4)5/h2,6-8H2,1,3-5H3. The van der Waals surface area contributed by atoms with Crippen molar-refractivity contribution >= 4 is 0 Å². The summed E-state index contributed by atoms with van der Waals surface area (Å²) in [6.45, 7) is 16.3. The minimum atomic E-state index is 0.223. The first-order valence-electron chi connectivity index (χ1n) is 4.68. The highest BCUT2D eigenvalue weighted by atomic mass is 15.4. The summed E-state index contributed by atoms with van der Waals surface area (Å²) in [5.74, 6) is 1.19. The quantitative estimate of drug-likeness (QED) is 0.590. The molecule has 0 aromatic heterocycles. The first-order chi connectivity index (χ1) is 5.46. The zero-order valence-electron chi connectivity index (χ0n) is 8.72. The molecule has 1 fully saturated rings. The van der Waals surface area contributed by atoms with Gasteiger partial charge in [-0.05, 0) is 27.7 Å². The third-order valence-electron chi connectivity index (χ3n) is 2.46. The number of rotatable bonds is 1. The largest absolute Gasteiger partial charge is 0.357 e. The van der Waals surface area contributed by atoms with Crippen LogP contribution < -0.4 is 0 Å². The van der Waals surface area contributed by atoms with Crippen LogP contribution in [0.25, 0.3) is 0 Å². The summed E-state index contributed by atoms with van der Waals surface area (Å²) in [5.41, 5.74) is 0.223. The molecule has 1 heterocycles. The van der Waals surface area contributed by atoms with E-state index < -0.39 is 0 Å². The molecule has 0 aromatic rings. The molecular weight excluding hydrogens is 148 g/mol. The summed E-state index contributed by atoms with van der Waals surface area (Å²) in [7, 11) is 0. The number of hydrogen-bond acceptors (Lipinski definition) is 2. The van der Waals surface area contributed by atoms with Crippen LogP contribution in [-0.4, -0.2) is 35.0 Å². The van der Waals surface area contributed by atoms with Gasteiger partial charge in [-0.1, -0.05) is 6.58 Å². The van der Waals surface area contributed by atoms with Crippen LogP contribution in [-0.2, 0) is 0 Å². The van der Waals surface area contributed by atoms with Crippen molar-refractivity contribution in [3.8, 4) is 0 Å². The Bertz CT molecular complexity index is 179. The summed E-state index contributed by atoms with van der Waals surface area (Å²) in [4.78, 5) is 4.70. The lowest BCUT2D eigenvalue weighted by Gasteiger charge is -2.35. The maximum Gasteiger partial charge on any atom is 0.0970 e. The third kappa shape index (κ3) is 1.57. The molecule has 1 rings (SSSR count). The Hall–Kier alpha value is -0.660. The van der Waals surface area contributed by atoms with Gasteiger partial charge in [0.15, 0.2) is 0 Å². The lowest BCUT2D eigenvalue weighted by Crippen LogP contribution is -2.38. The molecule has 70 valence electrons. The lowest BCUT2D eigenvalue weighted by atomic mass is 10.1. The van der Waals surface area contributed by atoms with E-state index in [1.54, 1.807) is 0 Å². The van der Waals surface area contributed by atoms with Gasteiger partial charge in [-0.2, -0.15) is 0 Å². The Labute approximate surface area is 75.8 Å². The van der Waals surface area contributed by atoms with Gasteiger partial charge in [0, 0.05) is 25.2 Å². The Morgan fingerprint density at radius 2 is 1.92 bits per heavy atom. The second kappa shape index (κ2) is 3.00. The van der Waals surface area contributed by atoms with Crippen LogP contribution in [0.3, 0.4) is 0 Å². The molecule has 0 bridgehead atoms. The van der Waals surface area contributed by atoms with E-state index in [0.717, 1.165) is 19.6 Å². The van der Waals surface area contributed by atoms with E-state index in [2.05, 4.69) is 44.1 Å². The van der Waals surface area contributed by atoms with Crippen LogP contribution in [0.1, 0.15) is 27.7 Å². The fourth-order valence-electron chi connectivity index (χ4n) is 1.71. The van der Waals surface area contributed by atoms with Gasteiger partial charge in [-0.3, -0.25) is 0 Å². The Balaban J connectivity index is 2.67. The third-order valence-corrected chi connectivity index (χ3v) is 2.46. The van der Waals surface area contributed by atoms with Gasteiger partial charge in [0.1, 0.15) is 0 Å².